The fourth-order valence-corrected chi connectivity index (χ4v) is 4.11. The maximum absolute atomic E-state index is 12.2. The van der Waals surface area contributed by atoms with Gasteiger partial charge in [-0.15, -0.1) is 11.3 Å². The van der Waals surface area contributed by atoms with Gasteiger partial charge in [-0.05, 0) is 37.1 Å². The third-order valence-corrected chi connectivity index (χ3v) is 5.48. The first-order valence-electron chi connectivity index (χ1n) is 9.21. The van der Waals surface area contributed by atoms with Gasteiger partial charge in [0.15, 0.2) is 6.54 Å². The summed E-state index contributed by atoms with van der Waals surface area (Å²) >= 11 is 1.65. The molecule has 0 radical (unpaired) electrons. The second-order valence-corrected chi connectivity index (χ2v) is 8.09. The zero-order valence-corrected chi connectivity index (χ0v) is 17.2. The lowest BCUT2D eigenvalue weighted by Gasteiger charge is -2.13. The van der Waals surface area contributed by atoms with Crippen molar-refractivity contribution in [2.75, 3.05) is 25.5 Å². The van der Waals surface area contributed by atoms with Gasteiger partial charge in [0.1, 0.15) is 11.6 Å². The molecule has 0 aliphatic rings. The first-order valence-corrected chi connectivity index (χ1v) is 10.0. The first kappa shape index (κ1) is 20.0. The van der Waals surface area contributed by atoms with Crippen LogP contribution in [0.15, 0.2) is 42.5 Å². The molecule has 0 aliphatic heterocycles. The molecule has 0 bridgehead atoms. The predicted octanol–water partition coefficient (Wildman–Crippen LogP) is 1.68. The fourth-order valence-electron chi connectivity index (χ4n) is 3.03. The van der Waals surface area contributed by atoms with Gasteiger partial charge in [-0.3, -0.25) is 9.59 Å². The van der Waals surface area contributed by atoms with Crippen LogP contribution in [0.4, 0.5) is 5.69 Å². The lowest BCUT2D eigenvalue weighted by atomic mass is 10.1. The second-order valence-electron chi connectivity index (χ2n) is 6.98. The van der Waals surface area contributed by atoms with Crippen LogP contribution in [0.2, 0.25) is 0 Å². The lowest BCUT2D eigenvalue weighted by Crippen LogP contribution is -3.08. The second kappa shape index (κ2) is 8.95. The van der Waals surface area contributed by atoms with Gasteiger partial charge in [0.25, 0.3) is 5.91 Å². The quantitative estimate of drug-likeness (QED) is 0.568. The molecule has 1 aromatic heterocycles. The van der Waals surface area contributed by atoms with Crippen LogP contribution in [-0.2, 0) is 16.1 Å². The van der Waals surface area contributed by atoms with Gasteiger partial charge < -0.3 is 15.5 Å². The molecule has 1 atom stereocenters. The minimum atomic E-state index is -0.227. The zero-order chi connectivity index (χ0) is 20.1. The number of likely N-dealkylation sites (N-methyl/N-ethyl adjacent to an activating group) is 1. The summed E-state index contributed by atoms with van der Waals surface area (Å²) in [5, 5.41) is 6.57. The van der Waals surface area contributed by atoms with Gasteiger partial charge in [-0.2, -0.15) is 0 Å². The Balaban J connectivity index is 1.46. The van der Waals surface area contributed by atoms with E-state index in [1.54, 1.807) is 11.3 Å². The Labute approximate surface area is 168 Å². The summed E-state index contributed by atoms with van der Waals surface area (Å²) in [5.74, 6) is -0.384. The number of para-hydroxylation sites is 2. The number of fused-ring (bicyclic) bond motifs is 1. The van der Waals surface area contributed by atoms with Crippen LogP contribution in [-0.4, -0.2) is 36.9 Å². The molecule has 7 heteroatoms. The number of aromatic nitrogens is 1. The number of nitrogens with zero attached hydrogens (tertiary/aromatic N) is 1. The summed E-state index contributed by atoms with van der Waals surface area (Å²) < 4.78 is 1.15. The third-order valence-electron chi connectivity index (χ3n) is 4.45. The highest BCUT2D eigenvalue weighted by molar-refractivity contribution is 7.18. The molecular weight excluding hydrogens is 372 g/mol. The largest absolute Gasteiger partial charge is 0.342 e. The number of quaternary nitrogens is 1. The molecule has 28 heavy (non-hydrogen) atoms. The first-order chi connectivity index (χ1) is 13.4. The minimum Gasteiger partial charge on any atom is -0.342 e. The van der Waals surface area contributed by atoms with Crippen LogP contribution < -0.4 is 15.5 Å². The normalized spacial score (nSPS) is 12.0. The molecule has 3 N–H and O–H groups in total. The molecule has 3 rings (SSSR count). The summed E-state index contributed by atoms with van der Waals surface area (Å²) in [7, 11) is 1.95. The molecule has 2 aromatic carbocycles. The summed E-state index contributed by atoms with van der Waals surface area (Å²) in [4.78, 5) is 30.0. The Morgan fingerprint density at radius 1 is 1.04 bits per heavy atom. The minimum absolute atomic E-state index is 0.0406. The Bertz CT molecular complexity index is 946. The molecule has 0 saturated carbocycles. The van der Waals surface area contributed by atoms with E-state index < -0.39 is 0 Å². The van der Waals surface area contributed by atoms with E-state index in [1.807, 2.05) is 63.4 Å². The lowest BCUT2D eigenvalue weighted by molar-refractivity contribution is -0.885. The maximum Gasteiger partial charge on any atom is 0.275 e. The molecule has 0 spiro atoms. The van der Waals surface area contributed by atoms with Crippen molar-refractivity contribution in [1.82, 2.24) is 10.3 Å². The van der Waals surface area contributed by atoms with E-state index in [-0.39, 0.29) is 24.9 Å². The smallest absolute Gasteiger partial charge is 0.275 e. The maximum atomic E-state index is 12.2. The van der Waals surface area contributed by atoms with Crippen molar-refractivity contribution in [3.05, 3.63) is 58.6 Å². The number of carbonyl (C=O) groups is 2. The van der Waals surface area contributed by atoms with Gasteiger partial charge in [-0.25, -0.2) is 4.98 Å². The Hall–Kier alpha value is -2.77. The standard InChI is InChI=1S/C21H24N4O2S/c1-14-7-6-8-15(2)21(14)24-18(26)11-22-19(27)12-25(3)13-20-23-16-9-4-5-10-17(16)28-20/h4-10H,11-13H2,1-3H3,(H,22,27)(H,24,26)/p+1. The summed E-state index contributed by atoms with van der Waals surface area (Å²) in [5.41, 5.74) is 3.79. The number of amides is 2. The van der Waals surface area contributed by atoms with Crippen molar-refractivity contribution >= 4 is 39.1 Å². The van der Waals surface area contributed by atoms with Crippen LogP contribution in [0.3, 0.4) is 0 Å². The number of rotatable bonds is 7. The molecule has 0 saturated heterocycles. The van der Waals surface area contributed by atoms with Gasteiger partial charge in [0.05, 0.1) is 23.8 Å². The van der Waals surface area contributed by atoms with E-state index in [0.29, 0.717) is 6.54 Å². The van der Waals surface area contributed by atoms with Crippen molar-refractivity contribution in [2.45, 2.75) is 20.4 Å². The van der Waals surface area contributed by atoms with E-state index in [0.717, 1.165) is 36.9 Å². The highest BCUT2D eigenvalue weighted by atomic mass is 32.1. The van der Waals surface area contributed by atoms with Crippen molar-refractivity contribution < 1.29 is 14.5 Å². The number of benzene rings is 2. The van der Waals surface area contributed by atoms with E-state index in [2.05, 4.69) is 15.6 Å². The number of anilines is 1. The SMILES string of the molecule is Cc1cccc(C)c1NC(=O)CNC(=O)C[NH+](C)Cc1nc2ccccc2s1. The molecule has 146 valence electrons. The monoisotopic (exact) mass is 397 g/mol. The van der Waals surface area contributed by atoms with E-state index in [4.69, 9.17) is 0 Å². The summed E-state index contributed by atoms with van der Waals surface area (Å²) in [6, 6.07) is 13.9. The van der Waals surface area contributed by atoms with Crippen molar-refractivity contribution in [1.29, 1.82) is 0 Å². The van der Waals surface area contributed by atoms with Gasteiger partial charge in [0, 0.05) is 5.69 Å². The molecule has 3 aromatic rings. The number of hydrogen-bond acceptors (Lipinski definition) is 4. The van der Waals surface area contributed by atoms with E-state index in [9.17, 15) is 9.59 Å². The van der Waals surface area contributed by atoms with Gasteiger partial charge >= 0.3 is 0 Å². The average molecular weight is 398 g/mol. The highest BCUT2D eigenvalue weighted by Crippen LogP contribution is 2.21. The average Bonchev–Trinajstić information content (AvgIpc) is 3.05. The predicted molar refractivity (Wildman–Crippen MR) is 113 cm³/mol. The summed E-state index contributed by atoms with van der Waals surface area (Å²) in [6.07, 6.45) is 0. The van der Waals surface area contributed by atoms with E-state index in [1.165, 1.54) is 0 Å². The van der Waals surface area contributed by atoms with Crippen molar-refractivity contribution in [3.63, 3.8) is 0 Å². The Morgan fingerprint density at radius 3 is 2.46 bits per heavy atom. The summed E-state index contributed by atoms with van der Waals surface area (Å²) in [6.45, 7) is 4.80. The molecule has 0 fully saturated rings. The molecule has 6 nitrogen and oxygen atoms in total. The van der Waals surface area contributed by atoms with Crippen molar-refractivity contribution in [3.8, 4) is 0 Å². The Morgan fingerprint density at radius 2 is 1.75 bits per heavy atom. The molecule has 1 heterocycles. The Kier molecular flexibility index (Phi) is 6.38. The number of nitrogens with one attached hydrogen (secondary N) is 3. The number of hydrogen-bond donors (Lipinski definition) is 3. The van der Waals surface area contributed by atoms with Crippen LogP contribution in [0.1, 0.15) is 16.1 Å². The molecule has 0 aliphatic carbocycles. The van der Waals surface area contributed by atoms with Crippen LogP contribution in [0, 0.1) is 13.8 Å². The zero-order valence-electron chi connectivity index (χ0n) is 16.3. The molecule has 2 amide bonds. The fraction of sp³-hybridized carbons (Fsp3) is 0.286. The molecular formula is C21H25N4O2S+. The number of carbonyl (C=O) groups excluding carboxylic acids is 2. The number of aryl methyl sites for hydroxylation is 2. The highest BCUT2D eigenvalue weighted by Gasteiger charge is 2.15. The van der Waals surface area contributed by atoms with E-state index >= 15 is 0 Å². The van der Waals surface area contributed by atoms with Crippen LogP contribution in [0.25, 0.3) is 10.2 Å². The third kappa shape index (κ3) is 5.15. The number of thiazole rings is 1. The van der Waals surface area contributed by atoms with Gasteiger partial charge in [0.2, 0.25) is 5.91 Å². The molecule has 1 unspecified atom stereocenters. The van der Waals surface area contributed by atoms with Gasteiger partial charge in [-0.1, -0.05) is 30.3 Å². The van der Waals surface area contributed by atoms with Crippen molar-refractivity contribution in [2.24, 2.45) is 0 Å². The van der Waals surface area contributed by atoms with Crippen LogP contribution >= 0.6 is 11.3 Å². The van der Waals surface area contributed by atoms with Crippen LogP contribution in [0.5, 0.6) is 0 Å². The topological polar surface area (TPSA) is 75.5 Å².